The van der Waals surface area contributed by atoms with Crippen LogP contribution in [0.5, 0.6) is 0 Å². The fourth-order valence-corrected chi connectivity index (χ4v) is 2.40. The molecular formula is C9H19NOS. The summed E-state index contributed by atoms with van der Waals surface area (Å²) in [6.45, 7) is 4.40. The Labute approximate surface area is 79.1 Å². The van der Waals surface area contributed by atoms with Crippen LogP contribution in [0.2, 0.25) is 0 Å². The third kappa shape index (κ3) is 4.33. The molecule has 12 heavy (non-hydrogen) atoms. The highest BCUT2D eigenvalue weighted by Gasteiger charge is 2.17. The van der Waals surface area contributed by atoms with E-state index in [0.717, 1.165) is 0 Å². The maximum absolute atomic E-state index is 9.48. The Kier molecular flexibility index (Phi) is 3.87. The maximum Gasteiger partial charge on any atom is 0.0715 e. The number of hydrogen-bond acceptors (Lipinski definition) is 3. The predicted molar refractivity (Wildman–Crippen MR) is 54.6 cm³/mol. The zero-order valence-corrected chi connectivity index (χ0v) is 8.78. The average molecular weight is 189 g/mol. The van der Waals surface area contributed by atoms with Gasteiger partial charge in [0.05, 0.1) is 5.60 Å². The van der Waals surface area contributed by atoms with Crippen LogP contribution in [0.15, 0.2) is 0 Å². The van der Waals surface area contributed by atoms with Gasteiger partial charge in [0.25, 0.3) is 0 Å². The molecule has 1 aliphatic rings. The Morgan fingerprint density at radius 1 is 1.42 bits per heavy atom. The second-order valence-corrected chi connectivity index (χ2v) is 5.30. The molecule has 0 radical (unpaired) electrons. The summed E-state index contributed by atoms with van der Waals surface area (Å²) in [5.41, 5.74) is -0.565. The monoisotopic (exact) mass is 189 g/mol. The lowest BCUT2D eigenvalue weighted by molar-refractivity contribution is 0.0760. The number of hydrogen-bond donors (Lipinski definition) is 2. The summed E-state index contributed by atoms with van der Waals surface area (Å²) in [4.78, 5) is 0. The zero-order chi connectivity index (χ0) is 9.03. The molecule has 1 rings (SSSR count). The molecule has 0 bridgehead atoms. The van der Waals surface area contributed by atoms with Gasteiger partial charge in [-0.1, -0.05) is 0 Å². The molecule has 0 spiro atoms. The Hall–Kier alpha value is 0.270. The third-order valence-electron chi connectivity index (χ3n) is 2.04. The SMILES string of the molecule is CC(C)(O)CNC1CCSCC1. The van der Waals surface area contributed by atoms with E-state index in [4.69, 9.17) is 0 Å². The van der Waals surface area contributed by atoms with Crippen LogP contribution in [-0.4, -0.2) is 34.8 Å². The van der Waals surface area contributed by atoms with Gasteiger partial charge in [0, 0.05) is 12.6 Å². The van der Waals surface area contributed by atoms with Gasteiger partial charge in [-0.3, -0.25) is 0 Å². The van der Waals surface area contributed by atoms with Crippen LogP contribution in [-0.2, 0) is 0 Å². The molecule has 0 atom stereocenters. The molecule has 0 aromatic heterocycles. The standard InChI is InChI=1S/C9H19NOS/c1-9(2,11)7-10-8-3-5-12-6-4-8/h8,10-11H,3-7H2,1-2H3. The summed E-state index contributed by atoms with van der Waals surface area (Å²) >= 11 is 2.03. The molecule has 1 heterocycles. The van der Waals surface area contributed by atoms with Crippen molar-refractivity contribution >= 4 is 11.8 Å². The van der Waals surface area contributed by atoms with Crippen molar-refractivity contribution in [2.75, 3.05) is 18.1 Å². The van der Waals surface area contributed by atoms with Crippen molar-refractivity contribution in [3.8, 4) is 0 Å². The molecule has 2 nitrogen and oxygen atoms in total. The van der Waals surface area contributed by atoms with Gasteiger partial charge in [-0.2, -0.15) is 11.8 Å². The van der Waals surface area contributed by atoms with Gasteiger partial charge in [-0.15, -0.1) is 0 Å². The van der Waals surface area contributed by atoms with Crippen molar-refractivity contribution in [2.45, 2.75) is 38.3 Å². The summed E-state index contributed by atoms with van der Waals surface area (Å²) < 4.78 is 0. The first-order valence-corrected chi connectivity index (χ1v) is 5.77. The van der Waals surface area contributed by atoms with Crippen molar-refractivity contribution in [3.05, 3.63) is 0 Å². The van der Waals surface area contributed by atoms with E-state index in [9.17, 15) is 5.11 Å². The molecule has 0 aromatic rings. The van der Waals surface area contributed by atoms with Gasteiger partial charge in [0.1, 0.15) is 0 Å². The lowest BCUT2D eigenvalue weighted by atomic mass is 10.1. The third-order valence-corrected chi connectivity index (χ3v) is 3.09. The predicted octanol–water partition coefficient (Wildman–Crippen LogP) is 1.24. The minimum atomic E-state index is -0.565. The van der Waals surface area contributed by atoms with E-state index in [-0.39, 0.29) is 0 Å². The van der Waals surface area contributed by atoms with Crippen molar-refractivity contribution in [3.63, 3.8) is 0 Å². The quantitative estimate of drug-likeness (QED) is 0.700. The van der Waals surface area contributed by atoms with E-state index >= 15 is 0 Å². The highest BCUT2D eigenvalue weighted by Crippen LogP contribution is 2.17. The number of rotatable bonds is 3. The van der Waals surface area contributed by atoms with E-state index in [1.807, 2.05) is 25.6 Å². The van der Waals surface area contributed by atoms with Crippen LogP contribution >= 0.6 is 11.8 Å². The van der Waals surface area contributed by atoms with Crippen LogP contribution in [0, 0.1) is 0 Å². The van der Waals surface area contributed by atoms with Gasteiger partial charge in [-0.25, -0.2) is 0 Å². The van der Waals surface area contributed by atoms with E-state index < -0.39 is 5.60 Å². The smallest absolute Gasteiger partial charge is 0.0715 e. The molecule has 3 heteroatoms. The highest BCUT2D eigenvalue weighted by molar-refractivity contribution is 7.99. The van der Waals surface area contributed by atoms with E-state index in [1.165, 1.54) is 24.3 Å². The molecule has 0 unspecified atom stereocenters. The molecular weight excluding hydrogens is 170 g/mol. The molecule has 0 saturated carbocycles. The molecule has 1 aliphatic heterocycles. The fourth-order valence-electron chi connectivity index (χ4n) is 1.30. The summed E-state index contributed by atoms with van der Waals surface area (Å²) in [5, 5.41) is 12.9. The van der Waals surface area contributed by atoms with Gasteiger partial charge in [0.2, 0.25) is 0 Å². The van der Waals surface area contributed by atoms with Crippen molar-refractivity contribution in [2.24, 2.45) is 0 Å². The lowest BCUT2D eigenvalue weighted by Crippen LogP contribution is -2.42. The second-order valence-electron chi connectivity index (χ2n) is 4.08. The van der Waals surface area contributed by atoms with Crippen LogP contribution in [0.4, 0.5) is 0 Å². The summed E-state index contributed by atoms with van der Waals surface area (Å²) in [6.07, 6.45) is 2.50. The van der Waals surface area contributed by atoms with Gasteiger partial charge in [0.15, 0.2) is 0 Å². The normalized spacial score (nSPS) is 21.2. The molecule has 0 aromatic carbocycles. The first-order chi connectivity index (χ1) is 5.58. The minimum Gasteiger partial charge on any atom is -0.389 e. The van der Waals surface area contributed by atoms with Gasteiger partial charge >= 0.3 is 0 Å². The average Bonchev–Trinajstić information content (AvgIpc) is 2.02. The molecule has 1 saturated heterocycles. The van der Waals surface area contributed by atoms with Crippen molar-refractivity contribution < 1.29 is 5.11 Å². The topological polar surface area (TPSA) is 32.3 Å². The van der Waals surface area contributed by atoms with Crippen molar-refractivity contribution in [1.82, 2.24) is 5.32 Å². The molecule has 1 fully saturated rings. The lowest BCUT2D eigenvalue weighted by Gasteiger charge is -2.26. The maximum atomic E-state index is 9.48. The highest BCUT2D eigenvalue weighted by atomic mass is 32.2. The molecule has 0 amide bonds. The Morgan fingerprint density at radius 2 is 2.00 bits per heavy atom. The Balaban J connectivity index is 2.13. The van der Waals surface area contributed by atoms with Crippen LogP contribution in [0.25, 0.3) is 0 Å². The largest absolute Gasteiger partial charge is 0.389 e. The fraction of sp³-hybridized carbons (Fsp3) is 1.00. The van der Waals surface area contributed by atoms with Crippen LogP contribution in [0.3, 0.4) is 0 Å². The number of aliphatic hydroxyl groups is 1. The van der Waals surface area contributed by atoms with E-state index in [0.29, 0.717) is 12.6 Å². The minimum absolute atomic E-state index is 0.565. The van der Waals surface area contributed by atoms with Crippen LogP contribution < -0.4 is 5.32 Å². The first kappa shape index (κ1) is 10.4. The summed E-state index contributed by atoms with van der Waals surface area (Å²) in [7, 11) is 0. The molecule has 72 valence electrons. The van der Waals surface area contributed by atoms with Gasteiger partial charge in [-0.05, 0) is 38.2 Å². The summed E-state index contributed by atoms with van der Waals surface area (Å²) in [6, 6.07) is 0.637. The van der Waals surface area contributed by atoms with Crippen LogP contribution in [0.1, 0.15) is 26.7 Å². The number of thioether (sulfide) groups is 1. The van der Waals surface area contributed by atoms with E-state index in [2.05, 4.69) is 5.32 Å². The molecule has 0 aliphatic carbocycles. The Bertz CT molecular complexity index is 127. The summed E-state index contributed by atoms with van der Waals surface area (Å²) in [5.74, 6) is 2.53. The van der Waals surface area contributed by atoms with E-state index in [1.54, 1.807) is 0 Å². The van der Waals surface area contributed by atoms with Gasteiger partial charge < -0.3 is 10.4 Å². The zero-order valence-electron chi connectivity index (χ0n) is 7.97. The van der Waals surface area contributed by atoms with Crippen molar-refractivity contribution in [1.29, 1.82) is 0 Å². The second kappa shape index (κ2) is 4.49. The first-order valence-electron chi connectivity index (χ1n) is 4.61. The number of nitrogens with one attached hydrogen (secondary N) is 1. The molecule has 2 N–H and O–H groups in total. The Morgan fingerprint density at radius 3 is 2.50 bits per heavy atom.